The molecule has 0 amide bonds. The molecule has 2 rings (SSSR count). The Morgan fingerprint density at radius 2 is 1.61 bits per heavy atom. The number of halogens is 3. The van der Waals surface area contributed by atoms with E-state index < -0.39 is 17.5 Å². The number of anilines is 1. The van der Waals surface area contributed by atoms with Crippen LogP contribution in [0.1, 0.15) is 5.56 Å². The van der Waals surface area contributed by atoms with Gasteiger partial charge in [-0.3, -0.25) is 0 Å². The van der Waals surface area contributed by atoms with E-state index in [9.17, 15) is 13.2 Å². The van der Waals surface area contributed by atoms with E-state index in [2.05, 4.69) is 0 Å². The lowest BCUT2D eigenvalue weighted by molar-refractivity contribution is 0.576. The van der Waals surface area contributed by atoms with E-state index >= 15 is 0 Å². The van der Waals surface area contributed by atoms with E-state index in [0.29, 0.717) is 16.1 Å². The summed E-state index contributed by atoms with van der Waals surface area (Å²) in [4.78, 5) is 0.540. The lowest BCUT2D eigenvalue weighted by Crippen LogP contribution is -1.92. The molecule has 0 fully saturated rings. The fourth-order valence-corrected chi connectivity index (χ4v) is 2.40. The maximum atomic E-state index is 13.4. The minimum atomic E-state index is -0.619. The molecule has 0 bridgehead atoms. The zero-order chi connectivity index (χ0) is 13.1. The van der Waals surface area contributed by atoms with Crippen molar-refractivity contribution in [3.05, 3.63) is 59.4 Å². The zero-order valence-electron chi connectivity index (χ0n) is 9.29. The molecule has 5 heteroatoms. The van der Waals surface area contributed by atoms with Crippen LogP contribution in [0.5, 0.6) is 0 Å². The summed E-state index contributed by atoms with van der Waals surface area (Å²) >= 11 is 1.21. The van der Waals surface area contributed by atoms with E-state index in [1.165, 1.54) is 42.1 Å². The molecule has 0 saturated carbocycles. The Balaban J connectivity index is 2.13. The first-order valence-corrected chi connectivity index (χ1v) is 6.16. The topological polar surface area (TPSA) is 26.0 Å². The van der Waals surface area contributed by atoms with Crippen molar-refractivity contribution >= 4 is 17.4 Å². The van der Waals surface area contributed by atoms with Crippen molar-refractivity contribution < 1.29 is 13.2 Å². The van der Waals surface area contributed by atoms with Crippen LogP contribution in [0.3, 0.4) is 0 Å². The van der Waals surface area contributed by atoms with Gasteiger partial charge in [-0.2, -0.15) is 0 Å². The van der Waals surface area contributed by atoms with Gasteiger partial charge in [-0.15, -0.1) is 11.8 Å². The molecule has 0 heterocycles. The fraction of sp³-hybridized carbons (Fsp3) is 0.0769. The first-order valence-electron chi connectivity index (χ1n) is 5.18. The van der Waals surface area contributed by atoms with E-state index in [0.717, 1.165) is 6.07 Å². The van der Waals surface area contributed by atoms with Crippen LogP contribution in [0.15, 0.2) is 41.3 Å². The fourth-order valence-electron chi connectivity index (χ4n) is 1.43. The summed E-state index contributed by atoms with van der Waals surface area (Å²) in [6.45, 7) is 0. The van der Waals surface area contributed by atoms with Crippen molar-refractivity contribution in [2.75, 3.05) is 5.73 Å². The van der Waals surface area contributed by atoms with E-state index in [-0.39, 0.29) is 5.75 Å². The molecule has 0 radical (unpaired) electrons. The predicted octanol–water partition coefficient (Wildman–Crippen LogP) is 3.98. The van der Waals surface area contributed by atoms with Crippen LogP contribution in [-0.2, 0) is 5.75 Å². The van der Waals surface area contributed by atoms with Gasteiger partial charge in [0.1, 0.15) is 17.5 Å². The molecule has 0 aromatic heterocycles. The summed E-state index contributed by atoms with van der Waals surface area (Å²) in [6.07, 6.45) is 0. The molecule has 2 aromatic rings. The molecule has 1 nitrogen and oxygen atoms in total. The van der Waals surface area contributed by atoms with Crippen molar-refractivity contribution in [2.24, 2.45) is 0 Å². The van der Waals surface area contributed by atoms with Crippen molar-refractivity contribution in [1.29, 1.82) is 0 Å². The van der Waals surface area contributed by atoms with E-state index in [1.807, 2.05) is 0 Å². The van der Waals surface area contributed by atoms with Gasteiger partial charge in [-0.05, 0) is 29.8 Å². The van der Waals surface area contributed by atoms with Crippen LogP contribution in [0.2, 0.25) is 0 Å². The van der Waals surface area contributed by atoms with E-state index in [4.69, 9.17) is 5.73 Å². The number of rotatable bonds is 3. The highest BCUT2D eigenvalue weighted by molar-refractivity contribution is 7.98. The molecule has 0 atom stereocenters. The Bertz CT molecular complexity index is 572. The second-order valence-electron chi connectivity index (χ2n) is 3.71. The molecule has 18 heavy (non-hydrogen) atoms. The molecule has 0 aliphatic carbocycles. The smallest absolute Gasteiger partial charge is 0.130 e. The molecular weight excluding hydrogens is 259 g/mol. The van der Waals surface area contributed by atoms with Gasteiger partial charge in [0.2, 0.25) is 0 Å². The second-order valence-corrected chi connectivity index (χ2v) is 4.72. The molecule has 94 valence electrons. The van der Waals surface area contributed by atoms with Gasteiger partial charge in [-0.25, -0.2) is 13.2 Å². The summed E-state index contributed by atoms with van der Waals surface area (Å²) < 4.78 is 39.1. The maximum Gasteiger partial charge on any atom is 0.130 e. The summed E-state index contributed by atoms with van der Waals surface area (Å²) in [5, 5.41) is 0. The predicted molar refractivity (Wildman–Crippen MR) is 66.7 cm³/mol. The van der Waals surface area contributed by atoms with Gasteiger partial charge >= 0.3 is 0 Å². The average Bonchev–Trinajstić information content (AvgIpc) is 2.32. The number of nitrogen functional groups attached to an aromatic ring is 1. The van der Waals surface area contributed by atoms with Gasteiger partial charge in [0.25, 0.3) is 0 Å². The van der Waals surface area contributed by atoms with Crippen molar-refractivity contribution in [3.8, 4) is 0 Å². The minimum Gasteiger partial charge on any atom is -0.398 e. The Morgan fingerprint density at radius 1 is 0.944 bits per heavy atom. The lowest BCUT2D eigenvalue weighted by atomic mass is 10.2. The maximum absolute atomic E-state index is 13.4. The summed E-state index contributed by atoms with van der Waals surface area (Å²) in [7, 11) is 0. The van der Waals surface area contributed by atoms with Gasteiger partial charge in [0.15, 0.2) is 0 Å². The first-order chi connectivity index (χ1) is 8.56. The van der Waals surface area contributed by atoms with Crippen LogP contribution >= 0.6 is 11.8 Å². The molecule has 0 saturated heterocycles. The molecule has 0 aliphatic rings. The zero-order valence-corrected chi connectivity index (χ0v) is 10.1. The van der Waals surface area contributed by atoms with E-state index in [1.54, 1.807) is 0 Å². The summed E-state index contributed by atoms with van der Waals surface area (Å²) in [6, 6.07) is 7.39. The third-order valence-electron chi connectivity index (χ3n) is 2.37. The number of hydrogen-bond acceptors (Lipinski definition) is 2. The van der Waals surface area contributed by atoms with Gasteiger partial charge in [-0.1, -0.05) is 6.07 Å². The molecular formula is C13H10F3NS. The van der Waals surface area contributed by atoms with Crippen molar-refractivity contribution in [1.82, 2.24) is 0 Å². The quantitative estimate of drug-likeness (QED) is 0.673. The summed E-state index contributed by atoms with van der Waals surface area (Å²) in [5.74, 6) is -1.37. The Hall–Kier alpha value is -1.62. The number of nitrogens with two attached hydrogens (primary N) is 1. The highest BCUT2D eigenvalue weighted by atomic mass is 32.2. The van der Waals surface area contributed by atoms with Crippen molar-refractivity contribution in [2.45, 2.75) is 10.6 Å². The normalized spacial score (nSPS) is 10.6. The Morgan fingerprint density at radius 3 is 2.33 bits per heavy atom. The summed E-state index contributed by atoms with van der Waals surface area (Å²) in [5.41, 5.74) is 6.46. The molecule has 0 aliphatic heterocycles. The monoisotopic (exact) mass is 269 g/mol. The van der Waals surface area contributed by atoms with Gasteiger partial charge < -0.3 is 5.73 Å². The average molecular weight is 269 g/mol. The van der Waals surface area contributed by atoms with Gasteiger partial charge in [0.05, 0.1) is 0 Å². The molecule has 0 spiro atoms. The standard InChI is InChI=1S/C13H10F3NS/c14-9-2-1-8(11(16)5-9)7-18-13-6-10(15)3-4-12(13)17/h1-6H,7,17H2. The van der Waals surface area contributed by atoms with Crippen LogP contribution in [0, 0.1) is 17.5 Å². The van der Waals surface area contributed by atoms with Crippen LogP contribution in [0.25, 0.3) is 0 Å². The van der Waals surface area contributed by atoms with Crippen LogP contribution in [0.4, 0.5) is 18.9 Å². The Kier molecular flexibility index (Phi) is 3.81. The highest BCUT2D eigenvalue weighted by Gasteiger charge is 2.07. The van der Waals surface area contributed by atoms with Gasteiger partial charge in [0, 0.05) is 22.4 Å². The second kappa shape index (κ2) is 5.35. The first kappa shape index (κ1) is 12.8. The van der Waals surface area contributed by atoms with Crippen molar-refractivity contribution in [3.63, 3.8) is 0 Å². The third-order valence-corrected chi connectivity index (χ3v) is 3.49. The van der Waals surface area contributed by atoms with Crippen LogP contribution < -0.4 is 5.73 Å². The number of benzene rings is 2. The lowest BCUT2D eigenvalue weighted by Gasteiger charge is -2.06. The SMILES string of the molecule is Nc1ccc(F)cc1SCc1ccc(F)cc1F. The highest BCUT2D eigenvalue weighted by Crippen LogP contribution is 2.29. The number of thioether (sulfide) groups is 1. The third kappa shape index (κ3) is 2.98. The van der Waals surface area contributed by atoms with Crippen LogP contribution in [-0.4, -0.2) is 0 Å². The largest absolute Gasteiger partial charge is 0.398 e. The molecule has 2 N–H and O–H groups in total. The Labute approximate surface area is 107 Å². The minimum absolute atomic E-state index is 0.264. The number of hydrogen-bond donors (Lipinski definition) is 1. The molecule has 0 unspecified atom stereocenters. The molecule has 2 aromatic carbocycles.